The van der Waals surface area contributed by atoms with E-state index >= 15 is 0 Å². The van der Waals surface area contributed by atoms with E-state index in [1.54, 1.807) is 0 Å². The Morgan fingerprint density at radius 3 is 3.50 bits per heavy atom. The van der Waals surface area contributed by atoms with Gasteiger partial charge in [0.15, 0.2) is 0 Å². The number of hydrogen-bond acceptors (Lipinski definition) is 2. The van der Waals surface area contributed by atoms with E-state index in [0.717, 1.165) is 6.67 Å². The molecule has 0 spiro atoms. The Hall–Kier alpha value is -0.760. The fourth-order valence-corrected chi connectivity index (χ4v) is 1.47. The summed E-state index contributed by atoms with van der Waals surface area (Å²) in [5, 5.41) is 6.68. The normalized spacial score (nSPS) is 30.4. The number of rotatable bonds is 0. The van der Waals surface area contributed by atoms with Crippen LogP contribution < -0.4 is 10.6 Å². The Morgan fingerprint density at radius 1 is 1.50 bits per heavy atom. The summed E-state index contributed by atoms with van der Waals surface area (Å²) in [7, 11) is 0. The van der Waals surface area contributed by atoms with Crippen molar-refractivity contribution >= 4 is 0 Å². The molecule has 2 heteroatoms. The Labute approximate surface area is 61.0 Å². The van der Waals surface area contributed by atoms with Gasteiger partial charge in [0.1, 0.15) is 0 Å². The van der Waals surface area contributed by atoms with Crippen LogP contribution in [-0.4, -0.2) is 12.7 Å². The average molecular weight is 136 g/mol. The molecule has 2 N–H and O–H groups in total. The molecular formula is C8H12N2. The van der Waals surface area contributed by atoms with E-state index in [-0.39, 0.29) is 0 Å². The van der Waals surface area contributed by atoms with Crippen LogP contribution in [0, 0.1) is 0 Å². The SMILES string of the molecule is C1=CCCC2NCNC2=C1. The third-order valence-electron chi connectivity index (χ3n) is 2.05. The lowest BCUT2D eigenvalue weighted by Crippen LogP contribution is -2.21. The van der Waals surface area contributed by atoms with Crippen molar-refractivity contribution in [2.45, 2.75) is 18.9 Å². The molecule has 1 heterocycles. The number of nitrogens with one attached hydrogen (secondary N) is 2. The Kier molecular flexibility index (Phi) is 1.47. The van der Waals surface area contributed by atoms with Gasteiger partial charge in [-0.2, -0.15) is 0 Å². The highest BCUT2D eigenvalue weighted by Crippen LogP contribution is 2.13. The summed E-state index contributed by atoms with van der Waals surface area (Å²) in [4.78, 5) is 0. The zero-order chi connectivity index (χ0) is 6.81. The van der Waals surface area contributed by atoms with Crippen molar-refractivity contribution in [2.24, 2.45) is 0 Å². The molecule has 1 saturated heterocycles. The molecule has 2 aliphatic rings. The minimum Gasteiger partial charge on any atom is -0.375 e. The number of fused-ring (bicyclic) bond motifs is 1. The third-order valence-corrected chi connectivity index (χ3v) is 2.05. The molecule has 1 fully saturated rings. The first-order chi connectivity index (χ1) is 4.97. The summed E-state index contributed by atoms with van der Waals surface area (Å²) in [6.07, 6.45) is 8.94. The van der Waals surface area contributed by atoms with Crippen LogP contribution in [0.15, 0.2) is 23.9 Å². The van der Waals surface area contributed by atoms with Gasteiger partial charge in [0.05, 0.1) is 6.67 Å². The van der Waals surface area contributed by atoms with Crippen LogP contribution in [-0.2, 0) is 0 Å². The summed E-state index contributed by atoms with van der Waals surface area (Å²) in [6.45, 7) is 0.935. The zero-order valence-electron chi connectivity index (χ0n) is 5.93. The molecule has 0 radical (unpaired) electrons. The molecule has 2 nitrogen and oxygen atoms in total. The maximum absolute atomic E-state index is 3.38. The van der Waals surface area contributed by atoms with Crippen molar-refractivity contribution in [3.8, 4) is 0 Å². The van der Waals surface area contributed by atoms with Gasteiger partial charge < -0.3 is 5.32 Å². The predicted molar refractivity (Wildman–Crippen MR) is 41.4 cm³/mol. The highest BCUT2D eigenvalue weighted by molar-refractivity contribution is 5.21. The lowest BCUT2D eigenvalue weighted by Gasteiger charge is -2.06. The Morgan fingerprint density at radius 2 is 2.50 bits per heavy atom. The Bertz CT molecular complexity index is 182. The zero-order valence-corrected chi connectivity index (χ0v) is 5.93. The molecule has 10 heavy (non-hydrogen) atoms. The topological polar surface area (TPSA) is 24.1 Å². The molecular weight excluding hydrogens is 124 g/mol. The highest BCUT2D eigenvalue weighted by Gasteiger charge is 2.18. The molecule has 0 bridgehead atoms. The highest BCUT2D eigenvalue weighted by atomic mass is 15.2. The molecule has 0 aromatic rings. The monoisotopic (exact) mass is 136 g/mol. The predicted octanol–water partition coefficient (Wildman–Crippen LogP) is 0.739. The first kappa shape index (κ1) is 5.98. The Balaban J connectivity index is 2.18. The van der Waals surface area contributed by atoms with Crippen LogP contribution in [0.1, 0.15) is 12.8 Å². The smallest absolute Gasteiger partial charge is 0.0656 e. The van der Waals surface area contributed by atoms with E-state index in [9.17, 15) is 0 Å². The van der Waals surface area contributed by atoms with Gasteiger partial charge in [-0.1, -0.05) is 12.2 Å². The minimum atomic E-state index is 0.593. The van der Waals surface area contributed by atoms with Crippen LogP contribution in [0.2, 0.25) is 0 Å². The van der Waals surface area contributed by atoms with Crippen LogP contribution in [0.5, 0.6) is 0 Å². The minimum absolute atomic E-state index is 0.593. The van der Waals surface area contributed by atoms with E-state index in [1.165, 1.54) is 18.5 Å². The summed E-state index contributed by atoms with van der Waals surface area (Å²) in [6, 6.07) is 0.593. The first-order valence-electron chi connectivity index (χ1n) is 3.81. The van der Waals surface area contributed by atoms with Gasteiger partial charge in [0.25, 0.3) is 0 Å². The van der Waals surface area contributed by atoms with Crippen molar-refractivity contribution in [2.75, 3.05) is 6.67 Å². The molecule has 0 saturated carbocycles. The second kappa shape index (κ2) is 2.46. The second-order valence-electron chi connectivity index (χ2n) is 2.74. The molecule has 2 rings (SSSR count). The summed E-state index contributed by atoms with van der Waals surface area (Å²) in [5.74, 6) is 0. The van der Waals surface area contributed by atoms with E-state index in [1.807, 2.05) is 0 Å². The average Bonchev–Trinajstić information content (AvgIpc) is 2.28. The van der Waals surface area contributed by atoms with E-state index in [4.69, 9.17) is 0 Å². The second-order valence-corrected chi connectivity index (χ2v) is 2.74. The van der Waals surface area contributed by atoms with Crippen molar-refractivity contribution < 1.29 is 0 Å². The summed E-state index contributed by atoms with van der Waals surface area (Å²) in [5.41, 5.74) is 1.36. The van der Waals surface area contributed by atoms with Crippen LogP contribution in [0.4, 0.5) is 0 Å². The molecule has 54 valence electrons. The number of hydrogen-bond donors (Lipinski definition) is 2. The quantitative estimate of drug-likeness (QED) is 0.513. The van der Waals surface area contributed by atoms with Crippen LogP contribution in [0.25, 0.3) is 0 Å². The fourth-order valence-electron chi connectivity index (χ4n) is 1.47. The van der Waals surface area contributed by atoms with Crippen molar-refractivity contribution in [1.29, 1.82) is 0 Å². The van der Waals surface area contributed by atoms with Gasteiger partial charge in [0.2, 0.25) is 0 Å². The van der Waals surface area contributed by atoms with Gasteiger partial charge in [-0.3, -0.25) is 5.32 Å². The third kappa shape index (κ3) is 0.948. The van der Waals surface area contributed by atoms with E-state index in [2.05, 4.69) is 28.9 Å². The first-order valence-corrected chi connectivity index (χ1v) is 3.81. The van der Waals surface area contributed by atoms with Gasteiger partial charge in [0, 0.05) is 11.7 Å². The molecule has 1 aliphatic carbocycles. The maximum Gasteiger partial charge on any atom is 0.0656 e. The molecule has 0 aromatic carbocycles. The van der Waals surface area contributed by atoms with E-state index in [0.29, 0.717) is 6.04 Å². The molecule has 1 atom stereocenters. The summed E-state index contributed by atoms with van der Waals surface area (Å²) >= 11 is 0. The summed E-state index contributed by atoms with van der Waals surface area (Å²) < 4.78 is 0. The lowest BCUT2D eigenvalue weighted by molar-refractivity contribution is 0.621. The van der Waals surface area contributed by atoms with Crippen molar-refractivity contribution in [3.63, 3.8) is 0 Å². The van der Waals surface area contributed by atoms with Crippen molar-refractivity contribution in [1.82, 2.24) is 10.6 Å². The van der Waals surface area contributed by atoms with Crippen LogP contribution >= 0.6 is 0 Å². The fraction of sp³-hybridized carbons (Fsp3) is 0.500. The molecule has 0 aromatic heterocycles. The van der Waals surface area contributed by atoms with E-state index < -0.39 is 0 Å². The van der Waals surface area contributed by atoms with Crippen LogP contribution in [0.3, 0.4) is 0 Å². The molecule has 1 unspecified atom stereocenters. The standard InChI is InChI=1S/C8H12N2/c1-2-4-7-8(5-3-1)10-6-9-7/h1-2,4,8-10H,3,5-6H2. The molecule has 0 amide bonds. The van der Waals surface area contributed by atoms with Gasteiger partial charge >= 0.3 is 0 Å². The maximum atomic E-state index is 3.38. The lowest BCUT2D eigenvalue weighted by atomic mass is 10.1. The van der Waals surface area contributed by atoms with Gasteiger partial charge in [-0.05, 0) is 18.9 Å². The van der Waals surface area contributed by atoms with Crippen molar-refractivity contribution in [3.05, 3.63) is 23.9 Å². The van der Waals surface area contributed by atoms with Gasteiger partial charge in [-0.25, -0.2) is 0 Å². The van der Waals surface area contributed by atoms with Gasteiger partial charge in [-0.15, -0.1) is 0 Å². The number of allylic oxidation sites excluding steroid dienone is 3. The molecule has 1 aliphatic heterocycles. The largest absolute Gasteiger partial charge is 0.375 e.